The third-order valence-corrected chi connectivity index (χ3v) is 2.88. The van der Waals surface area contributed by atoms with E-state index in [9.17, 15) is 0 Å². The predicted molar refractivity (Wildman–Crippen MR) is 55.0 cm³/mol. The van der Waals surface area contributed by atoms with Crippen molar-refractivity contribution in [2.45, 2.75) is 32.4 Å². The van der Waals surface area contributed by atoms with Crippen molar-refractivity contribution in [2.24, 2.45) is 0 Å². The van der Waals surface area contributed by atoms with Crippen LogP contribution in [0.5, 0.6) is 0 Å². The second-order valence-corrected chi connectivity index (χ2v) is 3.88. The van der Waals surface area contributed by atoms with Crippen LogP contribution in [0.1, 0.15) is 20.3 Å². The Morgan fingerprint density at radius 2 is 2.38 bits per heavy atom. The number of rotatable bonds is 4. The highest BCUT2D eigenvalue weighted by Crippen LogP contribution is 2.06. The van der Waals surface area contributed by atoms with Crippen molar-refractivity contribution in [3.05, 3.63) is 0 Å². The molecule has 0 spiro atoms. The fourth-order valence-corrected chi connectivity index (χ4v) is 1.67. The van der Waals surface area contributed by atoms with Gasteiger partial charge in [0, 0.05) is 18.6 Å². The van der Waals surface area contributed by atoms with Crippen LogP contribution in [0.15, 0.2) is 0 Å². The van der Waals surface area contributed by atoms with Gasteiger partial charge in [0.25, 0.3) is 0 Å². The minimum Gasteiger partial charge on any atom is -0.379 e. The summed E-state index contributed by atoms with van der Waals surface area (Å²) in [7, 11) is 2.17. The van der Waals surface area contributed by atoms with E-state index in [0.717, 1.165) is 26.3 Å². The summed E-state index contributed by atoms with van der Waals surface area (Å²) < 4.78 is 5.42. The van der Waals surface area contributed by atoms with E-state index in [1.165, 1.54) is 6.42 Å². The van der Waals surface area contributed by atoms with Gasteiger partial charge in [-0.15, -0.1) is 0 Å². The standard InChI is InChI=1S/C10H22N2O/c1-4-12(3)9(2)7-10-8-13-6-5-11-10/h9-11H,4-8H2,1-3H3. The average molecular weight is 186 g/mol. The monoisotopic (exact) mass is 186 g/mol. The highest BCUT2D eigenvalue weighted by Gasteiger charge is 2.17. The average Bonchev–Trinajstić information content (AvgIpc) is 2.18. The minimum absolute atomic E-state index is 0.553. The topological polar surface area (TPSA) is 24.5 Å². The lowest BCUT2D eigenvalue weighted by Gasteiger charge is -2.30. The molecule has 2 unspecified atom stereocenters. The molecule has 1 N–H and O–H groups in total. The third kappa shape index (κ3) is 3.63. The summed E-state index contributed by atoms with van der Waals surface area (Å²) in [5.41, 5.74) is 0. The highest BCUT2D eigenvalue weighted by atomic mass is 16.5. The second-order valence-electron chi connectivity index (χ2n) is 3.88. The van der Waals surface area contributed by atoms with Crippen molar-refractivity contribution in [3.63, 3.8) is 0 Å². The van der Waals surface area contributed by atoms with Crippen molar-refractivity contribution in [2.75, 3.05) is 33.4 Å². The van der Waals surface area contributed by atoms with Gasteiger partial charge in [-0.2, -0.15) is 0 Å². The molecule has 0 saturated carbocycles. The van der Waals surface area contributed by atoms with E-state index < -0.39 is 0 Å². The molecule has 0 aromatic carbocycles. The zero-order valence-electron chi connectivity index (χ0n) is 9.05. The zero-order chi connectivity index (χ0) is 9.68. The first-order chi connectivity index (χ1) is 6.24. The normalized spacial score (nSPS) is 26.3. The molecule has 1 aliphatic heterocycles. The van der Waals surface area contributed by atoms with Gasteiger partial charge in [-0.3, -0.25) is 0 Å². The molecule has 0 aliphatic carbocycles. The van der Waals surface area contributed by atoms with Crippen LogP contribution >= 0.6 is 0 Å². The first-order valence-electron chi connectivity index (χ1n) is 5.25. The van der Waals surface area contributed by atoms with Gasteiger partial charge in [0.2, 0.25) is 0 Å². The molecule has 2 atom stereocenters. The second kappa shape index (κ2) is 5.58. The van der Waals surface area contributed by atoms with E-state index in [1.807, 2.05) is 0 Å². The van der Waals surface area contributed by atoms with E-state index in [1.54, 1.807) is 0 Å². The van der Waals surface area contributed by atoms with Gasteiger partial charge in [-0.1, -0.05) is 6.92 Å². The number of hydrogen-bond acceptors (Lipinski definition) is 3. The lowest BCUT2D eigenvalue weighted by Crippen LogP contribution is -2.45. The number of nitrogens with one attached hydrogen (secondary N) is 1. The number of ether oxygens (including phenoxy) is 1. The van der Waals surface area contributed by atoms with Gasteiger partial charge in [-0.05, 0) is 26.9 Å². The number of morpholine rings is 1. The maximum Gasteiger partial charge on any atom is 0.0620 e. The van der Waals surface area contributed by atoms with Crippen molar-refractivity contribution in [1.82, 2.24) is 10.2 Å². The lowest BCUT2D eigenvalue weighted by molar-refractivity contribution is 0.0649. The molecule has 13 heavy (non-hydrogen) atoms. The summed E-state index contributed by atoms with van der Waals surface area (Å²) in [4.78, 5) is 2.37. The SMILES string of the molecule is CCN(C)C(C)CC1COCCN1. The molecule has 0 bridgehead atoms. The fourth-order valence-electron chi connectivity index (χ4n) is 1.67. The molecule has 1 fully saturated rings. The van der Waals surface area contributed by atoms with Crippen molar-refractivity contribution < 1.29 is 4.74 Å². The summed E-state index contributed by atoms with van der Waals surface area (Å²) in [5.74, 6) is 0. The lowest BCUT2D eigenvalue weighted by atomic mass is 10.1. The van der Waals surface area contributed by atoms with Crippen molar-refractivity contribution >= 4 is 0 Å². The quantitative estimate of drug-likeness (QED) is 0.699. The molecule has 78 valence electrons. The maximum atomic E-state index is 5.42. The molecule has 0 amide bonds. The largest absolute Gasteiger partial charge is 0.379 e. The van der Waals surface area contributed by atoms with Gasteiger partial charge in [0.05, 0.1) is 13.2 Å². The molecule has 0 radical (unpaired) electrons. The molecule has 1 heterocycles. The van der Waals surface area contributed by atoms with Crippen molar-refractivity contribution in [1.29, 1.82) is 0 Å². The molecule has 3 nitrogen and oxygen atoms in total. The van der Waals surface area contributed by atoms with Crippen LogP contribution < -0.4 is 5.32 Å². The third-order valence-electron chi connectivity index (χ3n) is 2.88. The Kier molecular flexibility index (Phi) is 4.70. The Hall–Kier alpha value is -0.120. The van der Waals surface area contributed by atoms with E-state index >= 15 is 0 Å². The Morgan fingerprint density at radius 3 is 2.92 bits per heavy atom. The molecular weight excluding hydrogens is 164 g/mol. The Bertz CT molecular complexity index is 135. The highest BCUT2D eigenvalue weighted by molar-refractivity contribution is 4.75. The van der Waals surface area contributed by atoms with Crippen molar-refractivity contribution in [3.8, 4) is 0 Å². The Labute approximate surface area is 81.4 Å². The molecule has 1 rings (SSSR count). The molecule has 3 heteroatoms. The summed E-state index contributed by atoms with van der Waals surface area (Å²) in [5, 5.41) is 3.48. The molecular formula is C10H22N2O. The van der Waals surface area contributed by atoms with E-state index in [2.05, 4.69) is 31.1 Å². The zero-order valence-corrected chi connectivity index (χ0v) is 9.05. The van der Waals surface area contributed by atoms with Gasteiger partial charge in [0.1, 0.15) is 0 Å². The number of nitrogens with zero attached hydrogens (tertiary/aromatic N) is 1. The summed E-state index contributed by atoms with van der Waals surface area (Å²) >= 11 is 0. The van der Waals surface area contributed by atoms with Crippen LogP contribution in [0.3, 0.4) is 0 Å². The van der Waals surface area contributed by atoms with Gasteiger partial charge in [0.15, 0.2) is 0 Å². The molecule has 0 aromatic heterocycles. The molecule has 1 aliphatic rings. The minimum atomic E-state index is 0.553. The van der Waals surface area contributed by atoms with Crippen LogP contribution in [0.4, 0.5) is 0 Å². The molecule has 0 aromatic rings. The van der Waals surface area contributed by atoms with E-state index in [4.69, 9.17) is 4.74 Å². The molecule has 1 saturated heterocycles. The van der Waals surface area contributed by atoms with Gasteiger partial charge in [-0.25, -0.2) is 0 Å². The summed E-state index contributed by atoms with van der Waals surface area (Å²) in [6.45, 7) is 8.35. The fraction of sp³-hybridized carbons (Fsp3) is 1.00. The number of hydrogen-bond donors (Lipinski definition) is 1. The predicted octanol–water partition coefficient (Wildman–Crippen LogP) is 0.705. The van der Waals surface area contributed by atoms with Crippen LogP contribution in [-0.2, 0) is 4.74 Å². The summed E-state index contributed by atoms with van der Waals surface area (Å²) in [6, 6.07) is 1.20. The van der Waals surface area contributed by atoms with Crippen LogP contribution in [0.25, 0.3) is 0 Å². The van der Waals surface area contributed by atoms with Gasteiger partial charge < -0.3 is 15.0 Å². The van der Waals surface area contributed by atoms with E-state index in [-0.39, 0.29) is 0 Å². The maximum absolute atomic E-state index is 5.42. The van der Waals surface area contributed by atoms with E-state index in [0.29, 0.717) is 12.1 Å². The Morgan fingerprint density at radius 1 is 1.62 bits per heavy atom. The summed E-state index contributed by atoms with van der Waals surface area (Å²) in [6.07, 6.45) is 1.18. The van der Waals surface area contributed by atoms with Crippen LogP contribution in [0, 0.1) is 0 Å². The Balaban J connectivity index is 2.21. The first kappa shape index (κ1) is 11.0. The van der Waals surface area contributed by atoms with Crippen LogP contribution in [0.2, 0.25) is 0 Å². The van der Waals surface area contributed by atoms with Gasteiger partial charge >= 0.3 is 0 Å². The first-order valence-corrected chi connectivity index (χ1v) is 5.25. The smallest absolute Gasteiger partial charge is 0.0620 e. The van der Waals surface area contributed by atoms with Crippen LogP contribution in [-0.4, -0.2) is 50.3 Å².